The number of ketones is 1. The van der Waals surface area contributed by atoms with E-state index >= 15 is 0 Å². The Morgan fingerprint density at radius 1 is 1.11 bits per heavy atom. The number of allylic oxidation sites excluding steroid dienone is 3. The minimum atomic E-state index is -0.630. The number of anilines is 1. The summed E-state index contributed by atoms with van der Waals surface area (Å²) in [5.41, 5.74) is 3.85. The van der Waals surface area contributed by atoms with Crippen molar-refractivity contribution in [1.82, 2.24) is 10.3 Å². The average Bonchev–Trinajstić information content (AvgIpc) is 3.27. The van der Waals surface area contributed by atoms with Crippen LogP contribution in [0.2, 0.25) is 0 Å². The fourth-order valence-electron chi connectivity index (χ4n) is 5.44. The number of fused-ring (bicyclic) bond motifs is 1. The number of nitrogens with zero attached hydrogens (tertiary/aromatic N) is 1. The number of ether oxygens (including phenoxy) is 3. The first-order valence-corrected chi connectivity index (χ1v) is 13.2. The zero-order valence-electron chi connectivity index (χ0n) is 22.4. The zero-order valence-corrected chi connectivity index (χ0v) is 23.2. The second-order valence-electron chi connectivity index (χ2n) is 10.3. The van der Waals surface area contributed by atoms with Crippen molar-refractivity contribution in [3.8, 4) is 17.2 Å². The minimum absolute atomic E-state index is 0.0171. The molecule has 2 aliphatic rings. The lowest BCUT2D eigenvalue weighted by molar-refractivity contribution is -0.118. The van der Waals surface area contributed by atoms with Crippen LogP contribution in [0.4, 0.5) is 5.13 Å². The summed E-state index contributed by atoms with van der Waals surface area (Å²) in [5, 5.41) is 6.85. The quantitative estimate of drug-likeness (QED) is 0.428. The highest BCUT2D eigenvalue weighted by Crippen LogP contribution is 2.50. The van der Waals surface area contributed by atoms with E-state index in [1.54, 1.807) is 27.4 Å². The number of dihydropyridines is 1. The lowest BCUT2D eigenvalue weighted by atomic mass is 9.68. The van der Waals surface area contributed by atoms with Gasteiger partial charge in [0, 0.05) is 34.5 Å². The van der Waals surface area contributed by atoms with Gasteiger partial charge in [0.25, 0.3) is 5.91 Å². The lowest BCUT2D eigenvalue weighted by Gasteiger charge is -2.40. The molecule has 2 heterocycles. The molecule has 38 heavy (non-hydrogen) atoms. The molecule has 9 heteroatoms. The first-order chi connectivity index (χ1) is 18.2. The molecule has 0 radical (unpaired) electrons. The number of amides is 1. The van der Waals surface area contributed by atoms with Crippen molar-refractivity contribution in [3.63, 3.8) is 0 Å². The van der Waals surface area contributed by atoms with Crippen molar-refractivity contribution in [3.05, 3.63) is 64.5 Å². The molecule has 1 aliphatic heterocycles. The van der Waals surface area contributed by atoms with Crippen molar-refractivity contribution in [2.45, 2.75) is 39.5 Å². The highest BCUT2D eigenvalue weighted by molar-refractivity contribution is 7.22. The van der Waals surface area contributed by atoms with E-state index in [9.17, 15) is 9.59 Å². The molecule has 1 aliphatic carbocycles. The van der Waals surface area contributed by atoms with Crippen LogP contribution in [0, 0.1) is 5.41 Å². The molecule has 0 bridgehead atoms. The summed E-state index contributed by atoms with van der Waals surface area (Å²) in [7, 11) is 4.74. The van der Waals surface area contributed by atoms with E-state index in [2.05, 4.69) is 29.5 Å². The molecule has 2 aromatic carbocycles. The number of thiazole rings is 1. The van der Waals surface area contributed by atoms with E-state index in [1.165, 1.54) is 11.3 Å². The number of methoxy groups -OCH3 is 3. The molecule has 0 fully saturated rings. The predicted molar refractivity (Wildman–Crippen MR) is 148 cm³/mol. The number of para-hydroxylation sites is 1. The minimum Gasteiger partial charge on any atom is -0.497 e. The number of hydrogen-bond donors (Lipinski definition) is 2. The summed E-state index contributed by atoms with van der Waals surface area (Å²) in [6.45, 7) is 6.04. The van der Waals surface area contributed by atoms with E-state index in [0.717, 1.165) is 21.7 Å². The van der Waals surface area contributed by atoms with Gasteiger partial charge in [0.2, 0.25) is 0 Å². The summed E-state index contributed by atoms with van der Waals surface area (Å²) >= 11 is 1.36. The van der Waals surface area contributed by atoms with E-state index in [1.807, 2.05) is 37.3 Å². The highest BCUT2D eigenvalue weighted by Gasteiger charge is 2.44. The third-order valence-corrected chi connectivity index (χ3v) is 7.98. The molecule has 2 N–H and O–H groups in total. The monoisotopic (exact) mass is 533 g/mol. The molecule has 5 rings (SSSR count). The Morgan fingerprint density at radius 2 is 1.89 bits per heavy atom. The number of Topliss-reactive ketones (excluding diaryl/α,β-unsaturated/α-hetero) is 1. The number of hydrogen-bond acceptors (Lipinski definition) is 8. The maximum atomic E-state index is 14.0. The number of benzene rings is 2. The number of nitrogens with one attached hydrogen (secondary N) is 2. The molecule has 0 saturated carbocycles. The van der Waals surface area contributed by atoms with Crippen LogP contribution in [-0.2, 0) is 9.59 Å². The molecule has 8 nitrogen and oxygen atoms in total. The summed E-state index contributed by atoms with van der Waals surface area (Å²) in [5.74, 6) is 0.804. The fourth-order valence-corrected chi connectivity index (χ4v) is 6.33. The van der Waals surface area contributed by atoms with Gasteiger partial charge in [-0.1, -0.05) is 37.3 Å². The maximum Gasteiger partial charge on any atom is 0.256 e. The Bertz CT molecular complexity index is 1520. The molecule has 1 atom stereocenters. The Morgan fingerprint density at radius 3 is 2.61 bits per heavy atom. The highest BCUT2D eigenvalue weighted by atomic mass is 32.1. The van der Waals surface area contributed by atoms with Crippen molar-refractivity contribution in [2.75, 3.05) is 26.6 Å². The maximum absolute atomic E-state index is 14.0. The van der Waals surface area contributed by atoms with Crippen molar-refractivity contribution in [2.24, 2.45) is 5.41 Å². The summed E-state index contributed by atoms with van der Waals surface area (Å²) in [6, 6.07) is 11.1. The molecule has 1 aromatic heterocycles. The van der Waals surface area contributed by atoms with Crippen LogP contribution < -0.4 is 24.8 Å². The van der Waals surface area contributed by atoms with Crippen LogP contribution in [-0.4, -0.2) is 38.0 Å². The van der Waals surface area contributed by atoms with Crippen LogP contribution >= 0.6 is 11.3 Å². The zero-order chi connectivity index (χ0) is 27.2. The average molecular weight is 534 g/mol. The van der Waals surface area contributed by atoms with Crippen LogP contribution in [0.25, 0.3) is 10.2 Å². The molecule has 0 spiro atoms. The fraction of sp³-hybridized carbons (Fsp3) is 0.345. The lowest BCUT2D eigenvalue weighted by Crippen LogP contribution is -2.39. The van der Waals surface area contributed by atoms with Gasteiger partial charge in [-0.25, -0.2) is 4.98 Å². The third-order valence-electron chi connectivity index (χ3n) is 7.04. The van der Waals surface area contributed by atoms with Crippen molar-refractivity contribution < 1.29 is 23.8 Å². The largest absolute Gasteiger partial charge is 0.497 e. The van der Waals surface area contributed by atoms with Crippen molar-refractivity contribution in [1.29, 1.82) is 0 Å². The topological polar surface area (TPSA) is 98.8 Å². The van der Waals surface area contributed by atoms with Crippen LogP contribution in [0.5, 0.6) is 17.2 Å². The van der Waals surface area contributed by atoms with E-state index in [-0.39, 0.29) is 17.1 Å². The van der Waals surface area contributed by atoms with E-state index in [4.69, 9.17) is 14.2 Å². The molecule has 0 unspecified atom stereocenters. The first kappa shape index (κ1) is 25.8. The molecular formula is C29H31N3O5S. The third kappa shape index (κ3) is 4.51. The molecular weight excluding hydrogens is 502 g/mol. The number of rotatable bonds is 6. The number of aromatic nitrogens is 1. The second-order valence-corrected chi connectivity index (χ2v) is 11.4. The SMILES string of the molecule is COc1ccc2nc(NC(=O)C3=C(C)NC4=C(C(=O)CC(C)(C)C4)[C@@H]3c3cccc(OC)c3OC)sc2c1. The molecule has 1 amide bonds. The first-order valence-electron chi connectivity index (χ1n) is 12.4. The normalized spacial score (nSPS) is 18.7. The Hall–Kier alpha value is -3.85. The van der Waals surface area contributed by atoms with E-state index < -0.39 is 5.92 Å². The van der Waals surface area contributed by atoms with Gasteiger partial charge < -0.3 is 19.5 Å². The van der Waals surface area contributed by atoms with Gasteiger partial charge in [0.1, 0.15) is 5.75 Å². The van der Waals surface area contributed by atoms with Gasteiger partial charge in [-0.2, -0.15) is 0 Å². The van der Waals surface area contributed by atoms with Gasteiger partial charge in [-0.3, -0.25) is 14.9 Å². The van der Waals surface area contributed by atoms with E-state index in [0.29, 0.717) is 51.9 Å². The Kier molecular flexibility index (Phi) is 6.65. The van der Waals surface area contributed by atoms with Gasteiger partial charge in [0.15, 0.2) is 22.4 Å². The number of carbonyl (C=O) groups is 2. The standard InChI is InChI=1S/C29H31N3O5S/c1-15-23(27(34)32-28-31-18-11-10-16(35-4)12-22(18)38-28)24(17-8-7-9-21(36-5)26(17)37-6)25-19(30-15)13-29(2,3)14-20(25)33/h7-12,24,30H,13-14H2,1-6H3,(H,31,32,34)/t24-/m1/s1. The summed E-state index contributed by atoms with van der Waals surface area (Å²) < 4.78 is 17.5. The molecule has 3 aromatic rings. The number of carbonyl (C=O) groups excluding carboxylic acids is 2. The van der Waals surface area contributed by atoms with Gasteiger partial charge in [-0.05, 0) is 43.0 Å². The smallest absolute Gasteiger partial charge is 0.256 e. The second kappa shape index (κ2) is 9.79. The van der Waals surface area contributed by atoms with Crippen LogP contribution in [0.3, 0.4) is 0 Å². The Balaban J connectivity index is 1.61. The predicted octanol–water partition coefficient (Wildman–Crippen LogP) is 5.56. The molecule has 198 valence electrons. The summed E-state index contributed by atoms with van der Waals surface area (Å²) in [6.07, 6.45) is 1.09. The van der Waals surface area contributed by atoms with Gasteiger partial charge >= 0.3 is 0 Å². The Labute approximate surface area is 225 Å². The molecule has 0 saturated heterocycles. The van der Waals surface area contributed by atoms with Crippen LogP contribution in [0.15, 0.2) is 58.9 Å². The van der Waals surface area contributed by atoms with Gasteiger partial charge in [-0.15, -0.1) is 0 Å². The summed E-state index contributed by atoms with van der Waals surface area (Å²) in [4.78, 5) is 32.2. The van der Waals surface area contributed by atoms with Crippen LogP contribution in [0.1, 0.15) is 45.1 Å². The van der Waals surface area contributed by atoms with Crippen molar-refractivity contribution >= 4 is 38.4 Å². The van der Waals surface area contributed by atoms with Gasteiger partial charge in [0.05, 0.1) is 37.5 Å².